The summed E-state index contributed by atoms with van der Waals surface area (Å²) in [5, 5.41) is 9.93. The predicted octanol–water partition coefficient (Wildman–Crippen LogP) is 3.84. The second kappa shape index (κ2) is 7.83. The number of carbonyl (C=O) groups excluding carboxylic acids is 1. The van der Waals surface area contributed by atoms with Crippen LogP contribution in [-0.4, -0.2) is 24.3 Å². The average molecular weight is 364 g/mol. The van der Waals surface area contributed by atoms with E-state index in [0.29, 0.717) is 28.5 Å². The van der Waals surface area contributed by atoms with Crippen molar-refractivity contribution in [3.05, 3.63) is 71.3 Å². The van der Waals surface area contributed by atoms with Gasteiger partial charge >= 0.3 is 5.97 Å². The monoisotopic (exact) mass is 364 g/mol. The molecule has 0 bridgehead atoms. The van der Waals surface area contributed by atoms with Crippen LogP contribution in [0.5, 0.6) is 5.75 Å². The fraction of sp³-hybridized carbons (Fsp3) is 0.238. The lowest BCUT2D eigenvalue weighted by Gasteiger charge is -2.28. The summed E-state index contributed by atoms with van der Waals surface area (Å²) in [5.41, 5.74) is 1.40. The van der Waals surface area contributed by atoms with Crippen molar-refractivity contribution in [2.75, 3.05) is 13.7 Å². The SMILES string of the molecule is CCOC(=O)C1=C(C)OC(n2cccc2)=C(C#N)C1c1cccc(OC)c1. The number of hydrogen-bond acceptors (Lipinski definition) is 5. The maximum atomic E-state index is 12.7. The Hall–Kier alpha value is -3.46. The van der Waals surface area contributed by atoms with E-state index in [1.165, 1.54) is 0 Å². The summed E-state index contributed by atoms with van der Waals surface area (Å²) in [5.74, 6) is 0.307. The molecule has 1 aliphatic heterocycles. The number of benzene rings is 1. The van der Waals surface area contributed by atoms with Gasteiger partial charge in [-0.15, -0.1) is 0 Å². The van der Waals surface area contributed by atoms with Gasteiger partial charge in [0.2, 0.25) is 5.88 Å². The lowest BCUT2D eigenvalue weighted by atomic mass is 9.83. The van der Waals surface area contributed by atoms with Crippen molar-refractivity contribution in [3.63, 3.8) is 0 Å². The fourth-order valence-corrected chi connectivity index (χ4v) is 3.12. The molecule has 1 unspecified atom stereocenters. The van der Waals surface area contributed by atoms with Crippen LogP contribution in [-0.2, 0) is 14.3 Å². The molecule has 2 heterocycles. The number of allylic oxidation sites excluding steroid dienone is 2. The maximum absolute atomic E-state index is 12.7. The largest absolute Gasteiger partial charge is 0.497 e. The first-order valence-electron chi connectivity index (χ1n) is 8.58. The molecule has 1 aromatic carbocycles. The smallest absolute Gasteiger partial charge is 0.338 e. The molecule has 3 rings (SSSR count). The van der Waals surface area contributed by atoms with E-state index in [1.807, 2.05) is 36.4 Å². The number of rotatable bonds is 5. The van der Waals surface area contributed by atoms with Gasteiger partial charge in [0.25, 0.3) is 0 Å². The van der Waals surface area contributed by atoms with Crippen molar-refractivity contribution in [1.82, 2.24) is 4.57 Å². The molecule has 1 aliphatic rings. The minimum atomic E-state index is -0.615. The molecule has 27 heavy (non-hydrogen) atoms. The third kappa shape index (κ3) is 3.44. The molecule has 0 aliphatic carbocycles. The van der Waals surface area contributed by atoms with Gasteiger partial charge in [0.15, 0.2) is 0 Å². The fourth-order valence-electron chi connectivity index (χ4n) is 3.12. The Bertz CT molecular complexity index is 949. The zero-order chi connectivity index (χ0) is 19.4. The van der Waals surface area contributed by atoms with Crippen molar-refractivity contribution < 1.29 is 19.0 Å². The number of esters is 1. The molecule has 0 saturated heterocycles. The minimum absolute atomic E-state index is 0.233. The van der Waals surface area contributed by atoms with Gasteiger partial charge in [0, 0.05) is 12.4 Å². The summed E-state index contributed by atoms with van der Waals surface area (Å²) in [6.07, 6.45) is 3.58. The highest BCUT2D eigenvalue weighted by Gasteiger charge is 2.37. The van der Waals surface area contributed by atoms with Crippen molar-refractivity contribution in [3.8, 4) is 11.8 Å². The Morgan fingerprint density at radius 1 is 1.30 bits per heavy atom. The molecule has 0 fully saturated rings. The Morgan fingerprint density at radius 2 is 2.04 bits per heavy atom. The van der Waals surface area contributed by atoms with Crippen LogP contribution < -0.4 is 4.74 Å². The Kier molecular flexibility index (Phi) is 5.32. The van der Waals surface area contributed by atoms with Gasteiger partial charge in [-0.05, 0) is 43.7 Å². The molecular formula is C21H20N2O4. The summed E-state index contributed by atoms with van der Waals surface area (Å²) in [6, 6.07) is 13.2. The van der Waals surface area contributed by atoms with Crippen LogP contribution in [0.25, 0.3) is 5.88 Å². The van der Waals surface area contributed by atoms with E-state index in [4.69, 9.17) is 14.2 Å². The van der Waals surface area contributed by atoms with Gasteiger partial charge < -0.3 is 14.2 Å². The summed E-state index contributed by atoms with van der Waals surface area (Å²) >= 11 is 0. The van der Waals surface area contributed by atoms with E-state index in [9.17, 15) is 10.1 Å². The average Bonchev–Trinajstić information content (AvgIpc) is 3.21. The van der Waals surface area contributed by atoms with Gasteiger partial charge in [-0.2, -0.15) is 5.26 Å². The number of aromatic nitrogens is 1. The molecule has 0 spiro atoms. The van der Waals surface area contributed by atoms with Gasteiger partial charge in [-0.1, -0.05) is 12.1 Å². The summed E-state index contributed by atoms with van der Waals surface area (Å²) in [7, 11) is 1.57. The molecule has 1 atom stereocenters. The van der Waals surface area contributed by atoms with E-state index in [0.717, 1.165) is 5.56 Å². The van der Waals surface area contributed by atoms with Gasteiger partial charge in [0.1, 0.15) is 23.2 Å². The highest BCUT2D eigenvalue weighted by molar-refractivity contribution is 5.93. The van der Waals surface area contributed by atoms with Crippen molar-refractivity contribution in [2.45, 2.75) is 19.8 Å². The first-order valence-corrected chi connectivity index (χ1v) is 8.58. The zero-order valence-corrected chi connectivity index (χ0v) is 15.4. The second-order valence-corrected chi connectivity index (χ2v) is 5.92. The second-order valence-electron chi connectivity index (χ2n) is 5.92. The van der Waals surface area contributed by atoms with E-state index < -0.39 is 11.9 Å². The van der Waals surface area contributed by atoms with Crippen molar-refractivity contribution >= 4 is 11.9 Å². The van der Waals surface area contributed by atoms with Gasteiger partial charge in [0.05, 0.1) is 25.2 Å². The molecule has 2 aromatic rings. The molecule has 6 nitrogen and oxygen atoms in total. The molecule has 0 saturated carbocycles. The summed E-state index contributed by atoms with van der Waals surface area (Å²) in [4.78, 5) is 12.7. The Morgan fingerprint density at radius 3 is 2.67 bits per heavy atom. The normalized spacial score (nSPS) is 16.6. The van der Waals surface area contributed by atoms with Crippen LogP contribution in [0.4, 0.5) is 0 Å². The number of carbonyl (C=O) groups is 1. The molecule has 1 aromatic heterocycles. The standard InChI is InChI=1S/C21H20N2O4/c1-4-26-21(24)18-14(2)27-20(23-10-5-6-11-23)17(13-22)19(18)15-8-7-9-16(12-15)25-3/h5-12,19H,4H2,1-3H3. The van der Waals surface area contributed by atoms with Crippen molar-refractivity contribution in [1.29, 1.82) is 5.26 Å². The number of ether oxygens (including phenoxy) is 3. The van der Waals surface area contributed by atoms with Crippen LogP contribution >= 0.6 is 0 Å². The number of methoxy groups -OCH3 is 1. The lowest BCUT2D eigenvalue weighted by Crippen LogP contribution is -2.24. The third-order valence-electron chi connectivity index (χ3n) is 4.32. The van der Waals surface area contributed by atoms with E-state index in [2.05, 4.69) is 6.07 Å². The Labute approximate surface area is 157 Å². The highest BCUT2D eigenvalue weighted by atomic mass is 16.5. The molecule has 0 N–H and O–H groups in total. The summed E-state index contributed by atoms with van der Waals surface area (Å²) < 4.78 is 18.2. The molecular weight excluding hydrogens is 344 g/mol. The van der Waals surface area contributed by atoms with Crippen LogP contribution in [0.1, 0.15) is 25.3 Å². The molecule has 6 heteroatoms. The first kappa shape index (κ1) is 18.3. The minimum Gasteiger partial charge on any atom is -0.497 e. The van der Waals surface area contributed by atoms with Crippen LogP contribution in [0.3, 0.4) is 0 Å². The molecule has 0 radical (unpaired) electrons. The predicted molar refractivity (Wildman–Crippen MR) is 99.4 cm³/mol. The topological polar surface area (TPSA) is 73.5 Å². The van der Waals surface area contributed by atoms with Gasteiger partial charge in [-0.25, -0.2) is 4.79 Å². The van der Waals surface area contributed by atoms with Crippen LogP contribution in [0, 0.1) is 11.3 Å². The first-order chi connectivity index (χ1) is 13.1. The summed E-state index contributed by atoms with van der Waals surface area (Å²) in [6.45, 7) is 3.68. The quantitative estimate of drug-likeness (QED) is 0.754. The lowest BCUT2D eigenvalue weighted by molar-refractivity contribution is -0.139. The number of nitrogens with zero attached hydrogens (tertiary/aromatic N) is 2. The highest BCUT2D eigenvalue weighted by Crippen LogP contribution is 2.42. The maximum Gasteiger partial charge on any atom is 0.338 e. The van der Waals surface area contributed by atoms with Crippen molar-refractivity contribution in [2.24, 2.45) is 0 Å². The number of hydrogen-bond donors (Lipinski definition) is 0. The van der Waals surface area contributed by atoms with Crippen LogP contribution in [0.2, 0.25) is 0 Å². The number of nitriles is 1. The zero-order valence-electron chi connectivity index (χ0n) is 15.4. The van der Waals surface area contributed by atoms with Crippen LogP contribution in [0.15, 0.2) is 65.7 Å². The molecule has 0 amide bonds. The van der Waals surface area contributed by atoms with E-state index in [-0.39, 0.29) is 6.61 Å². The third-order valence-corrected chi connectivity index (χ3v) is 4.32. The van der Waals surface area contributed by atoms with E-state index >= 15 is 0 Å². The van der Waals surface area contributed by atoms with E-state index in [1.54, 1.807) is 37.9 Å². The molecule has 138 valence electrons. The Balaban J connectivity index is 2.22. The van der Waals surface area contributed by atoms with Gasteiger partial charge in [-0.3, -0.25) is 4.57 Å².